The van der Waals surface area contributed by atoms with Gasteiger partial charge in [0.1, 0.15) is 0 Å². The van der Waals surface area contributed by atoms with Crippen molar-refractivity contribution in [2.45, 2.75) is 5.41 Å². The maximum atomic E-state index is 2.47. The summed E-state index contributed by atoms with van der Waals surface area (Å²) in [6.45, 7) is 0. The highest BCUT2D eigenvalue weighted by Gasteiger charge is 2.46. The number of anilines is 3. The van der Waals surface area contributed by atoms with Crippen molar-refractivity contribution in [1.29, 1.82) is 0 Å². The molecule has 0 aromatic heterocycles. The topological polar surface area (TPSA) is 3.24 Å². The molecule has 0 atom stereocenters. The Labute approximate surface area is 374 Å². The van der Waals surface area contributed by atoms with Crippen LogP contribution in [-0.2, 0) is 5.41 Å². The average Bonchev–Trinajstić information content (AvgIpc) is 3.68. The van der Waals surface area contributed by atoms with E-state index < -0.39 is 5.41 Å². The van der Waals surface area contributed by atoms with Crippen LogP contribution in [0.25, 0.3) is 66.1 Å². The molecule has 0 aliphatic heterocycles. The smallest absolute Gasteiger partial charge is 0.0713 e. The lowest BCUT2D eigenvalue weighted by molar-refractivity contribution is 0.768. The zero-order valence-corrected chi connectivity index (χ0v) is 35.3. The molecule has 0 saturated heterocycles. The van der Waals surface area contributed by atoms with Crippen LogP contribution in [0, 0.1) is 0 Å². The van der Waals surface area contributed by atoms with Crippen LogP contribution in [0.15, 0.2) is 261 Å². The second-order valence-electron chi connectivity index (χ2n) is 16.8. The number of hydrogen-bond donors (Lipinski definition) is 0. The average molecular weight is 814 g/mol. The summed E-state index contributed by atoms with van der Waals surface area (Å²) in [6, 6.07) is 95.8. The second kappa shape index (κ2) is 15.6. The molecule has 12 rings (SSSR count). The minimum absolute atomic E-state index is 0.463. The zero-order chi connectivity index (χ0) is 42.5. The van der Waals surface area contributed by atoms with Gasteiger partial charge in [-0.25, -0.2) is 0 Å². The summed E-state index contributed by atoms with van der Waals surface area (Å²) in [5.74, 6) is 0. The SMILES string of the molecule is c1ccc(-c2cccc(-c3ccc(-c4ccc(N(c5ccc6c(c5)-c5ccccc5C6(c5ccccc5)c5ccccc5)c5cc6ccccc6c6ccccc56)cc4)cc3)c2)cc1. The third-order valence-corrected chi connectivity index (χ3v) is 13.3. The molecule has 1 nitrogen and oxygen atoms in total. The molecule has 300 valence electrons. The van der Waals surface area contributed by atoms with Gasteiger partial charge in [-0.15, -0.1) is 0 Å². The lowest BCUT2D eigenvalue weighted by atomic mass is 9.68. The van der Waals surface area contributed by atoms with E-state index in [-0.39, 0.29) is 0 Å². The maximum Gasteiger partial charge on any atom is 0.0713 e. The van der Waals surface area contributed by atoms with Crippen LogP contribution in [0.3, 0.4) is 0 Å². The van der Waals surface area contributed by atoms with Gasteiger partial charge in [0, 0.05) is 16.8 Å². The molecule has 1 aliphatic carbocycles. The van der Waals surface area contributed by atoms with Gasteiger partial charge in [0.25, 0.3) is 0 Å². The molecule has 64 heavy (non-hydrogen) atoms. The molecule has 0 amide bonds. The molecular formula is C63H43N. The summed E-state index contributed by atoms with van der Waals surface area (Å²) in [5, 5.41) is 4.92. The molecule has 0 saturated carbocycles. The molecule has 1 aliphatic rings. The molecule has 0 spiro atoms. The molecule has 0 radical (unpaired) electrons. The standard InChI is InChI=1S/C63H43N/c1-4-17-44(18-5-1)48-20-16-21-49(41-48)47-33-31-45(32-34-47)46-35-37-53(38-36-46)64(62-42-50-19-10-11-26-55(50)56-27-12-13-29-58(56)62)54-39-40-61-59(43-54)57-28-14-15-30-60(57)63(61,51-22-6-2-7-23-51)52-24-8-3-9-25-52/h1-43H. The third-order valence-electron chi connectivity index (χ3n) is 13.3. The number of benzene rings is 11. The van der Waals surface area contributed by atoms with Gasteiger partial charge in [-0.3, -0.25) is 0 Å². The highest BCUT2D eigenvalue weighted by Crippen LogP contribution is 2.57. The number of hydrogen-bond acceptors (Lipinski definition) is 1. The Kier molecular flexibility index (Phi) is 9.13. The first-order valence-corrected chi connectivity index (χ1v) is 22.2. The first kappa shape index (κ1) is 37.5. The van der Waals surface area contributed by atoms with Crippen LogP contribution in [-0.4, -0.2) is 0 Å². The fourth-order valence-electron chi connectivity index (χ4n) is 10.4. The Morgan fingerprint density at radius 2 is 0.734 bits per heavy atom. The van der Waals surface area contributed by atoms with E-state index in [9.17, 15) is 0 Å². The normalized spacial score (nSPS) is 12.5. The number of fused-ring (bicyclic) bond motifs is 6. The highest BCUT2D eigenvalue weighted by molar-refractivity contribution is 6.14. The van der Waals surface area contributed by atoms with Gasteiger partial charge in [0.05, 0.1) is 11.1 Å². The number of nitrogens with zero attached hydrogens (tertiary/aromatic N) is 1. The van der Waals surface area contributed by atoms with E-state index in [1.54, 1.807) is 0 Å². The van der Waals surface area contributed by atoms with Crippen molar-refractivity contribution < 1.29 is 0 Å². The fraction of sp³-hybridized carbons (Fsp3) is 0.0159. The van der Waals surface area contributed by atoms with E-state index in [4.69, 9.17) is 0 Å². The quantitative estimate of drug-likeness (QED) is 0.138. The first-order chi connectivity index (χ1) is 31.7. The van der Waals surface area contributed by atoms with E-state index in [1.807, 2.05) is 0 Å². The molecular weight excluding hydrogens is 771 g/mol. The Morgan fingerprint density at radius 3 is 1.41 bits per heavy atom. The van der Waals surface area contributed by atoms with Gasteiger partial charge in [0.15, 0.2) is 0 Å². The van der Waals surface area contributed by atoms with Gasteiger partial charge >= 0.3 is 0 Å². The Morgan fingerprint density at radius 1 is 0.266 bits per heavy atom. The summed E-state index contributed by atoms with van der Waals surface area (Å²) in [6.07, 6.45) is 0. The van der Waals surface area contributed by atoms with Crippen LogP contribution in [0.5, 0.6) is 0 Å². The van der Waals surface area contributed by atoms with E-state index >= 15 is 0 Å². The molecule has 0 heterocycles. The van der Waals surface area contributed by atoms with Crippen molar-refractivity contribution in [3.63, 3.8) is 0 Å². The van der Waals surface area contributed by atoms with Crippen molar-refractivity contribution in [2.75, 3.05) is 4.90 Å². The predicted octanol–water partition coefficient (Wildman–Crippen LogP) is 16.8. The Hall–Kier alpha value is -8.26. The molecule has 1 heteroatoms. The summed E-state index contributed by atoms with van der Waals surface area (Å²) in [5.41, 5.74) is 17.8. The maximum absolute atomic E-state index is 2.47. The van der Waals surface area contributed by atoms with Crippen molar-refractivity contribution >= 4 is 38.6 Å². The van der Waals surface area contributed by atoms with Crippen LogP contribution >= 0.6 is 0 Å². The van der Waals surface area contributed by atoms with Crippen LogP contribution in [0.2, 0.25) is 0 Å². The van der Waals surface area contributed by atoms with Crippen molar-refractivity contribution in [3.05, 3.63) is 283 Å². The van der Waals surface area contributed by atoms with Crippen molar-refractivity contribution in [3.8, 4) is 44.5 Å². The fourth-order valence-corrected chi connectivity index (χ4v) is 10.4. The van der Waals surface area contributed by atoms with Crippen LogP contribution in [0.4, 0.5) is 17.1 Å². The van der Waals surface area contributed by atoms with E-state index in [1.165, 1.54) is 88.3 Å². The monoisotopic (exact) mass is 813 g/mol. The van der Waals surface area contributed by atoms with Crippen LogP contribution < -0.4 is 4.90 Å². The van der Waals surface area contributed by atoms with Gasteiger partial charge in [0.2, 0.25) is 0 Å². The zero-order valence-electron chi connectivity index (χ0n) is 35.3. The van der Waals surface area contributed by atoms with Crippen molar-refractivity contribution in [1.82, 2.24) is 0 Å². The van der Waals surface area contributed by atoms with E-state index in [0.717, 1.165) is 17.1 Å². The summed E-state index contributed by atoms with van der Waals surface area (Å²) >= 11 is 0. The Bertz CT molecular complexity index is 3420. The third kappa shape index (κ3) is 6.16. The molecule has 11 aromatic rings. The molecule has 11 aromatic carbocycles. The largest absolute Gasteiger partial charge is 0.310 e. The van der Waals surface area contributed by atoms with Gasteiger partial charge in [-0.05, 0) is 119 Å². The first-order valence-electron chi connectivity index (χ1n) is 22.2. The Balaban J connectivity index is 1.00. The molecule has 0 N–H and O–H groups in total. The van der Waals surface area contributed by atoms with Crippen LogP contribution in [0.1, 0.15) is 22.3 Å². The lowest BCUT2D eigenvalue weighted by Gasteiger charge is -2.34. The summed E-state index contributed by atoms with van der Waals surface area (Å²) in [4.78, 5) is 2.47. The molecule has 0 fully saturated rings. The van der Waals surface area contributed by atoms with Gasteiger partial charge in [-0.2, -0.15) is 0 Å². The molecule has 0 bridgehead atoms. The summed E-state index contributed by atoms with van der Waals surface area (Å²) < 4.78 is 0. The minimum Gasteiger partial charge on any atom is -0.310 e. The summed E-state index contributed by atoms with van der Waals surface area (Å²) in [7, 11) is 0. The van der Waals surface area contributed by atoms with Gasteiger partial charge in [-0.1, -0.05) is 224 Å². The van der Waals surface area contributed by atoms with Gasteiger partial charge < -0.3 is 4.90 Å². The van der Waals surface area contributed by atoms with Crippen molar-refractivity contribution in [2.24, 2.45) is 0 Å². The number of rotatable bonds is 8. The lowest BCUT2D eigenvalue weighted by Crippen LogP contribution is -2.28. The second-order valence-corrected chi connectivity index (χ2v) is 16.8. The highest BCUT2D eigenvalue weighted by atomic mass is 15.1. The minimum atomic E-state index is -0.463. The molecule has 0 unspecified atom stereocenters. The van der Waals surface area contributed by atoms with E-state index in [2.05, 4.69) is 266 Å². The van der Waals surface area contributed by atoms with E-state index in [0.29, 0.717) is 0 Å². The predicted molar refractivity (Wildman–Crippen MR) is 270 cm³/mol.